The van der Waals surface area contributed by atoms with Crippen LogP contribution in [0.15, 0.2) is 30.3 Å². The number of carbonyl (C=O) groups excluding carboxylic acids is 2. The van der Waals surface area contributed by atoms with Crippen molar-refractivity contribution in [2.75, 3.05) is 11.9 Å². The van der Waals surface area contributed by atoms with Crippen molar-refractivity contribution >= 4 is 28.3 Å². The normalized spacial score (nSPS) is 16.7. The van der Waals surface area contributed by atoms with E-state index in [0.29, 0.717) is 24.5 Å². The van der Waals surface area contributed by atoms with Gasteiger partial charge in [-0.1, -0.05) is 61.4 Å². The average molecular weight is 372 g/mol. The Kier molecular flexibility index (Phi) is 6.33. The van der Waals surface area contributed by atoms with Gasteiger partial charge in [0.2, 0.25) is 16.9 Å². The summed E-state index contributed by atoms with van der Waals surface area (Å²) in [4.78, 5) is 26.8. The number of nitrogens with zero attached hydrogens (tertiary/aromatic N) is 3. The highest BCUT2D eigenvalue weighted by atomic mass is 32.1. The molecule has 1 aliphatic rings. The number of likely N-dealkylation sites (tertiary alicyclic amines) is 1. The molecule has 1 atom stereocenters. The minimum absolute atomic E-state index is 0.0818. The summed E-state index contributed by atoms with van der Waals surface area (Å²) in [6.45, 7) is 2.77. The van der Waals surface area contributed by atoms with Gasteiger partial charge in [-0.2, -0.15) is 0 Å². The molecule has 1 unspecified atom stereocenters. The second-order valence-electron chi connectivity index (χ2n) is 6.47. The van der Waals surface area contributed by atoms with Crippen LogP contribution in [0.5, 0.6) is 0 Å². The number of hydrogen-bond acceptors (Lipinski definition) is 5. The Labute approximate surface area is 157 Å². The molecule has 0 aliphatic carbocycles. The number of aromatic nitrogens is 2. The average Bonchev–Trinajstić information content (AvgIpc) is 3.32. The van der Waals surface area contributed by atoms with Crippen molar-refractivity contribution in [2.24, 2.45) is 0 Å². The van der Waals surface area contributed by atoms with Crippen molar-refractivity contribution in [1.82, 2.24) is 15.1 Å². The number of anilines is 1. The predicted octanol–water partition coefficient (Wildman–Crippen LogP) is 3.71. The fraction of sp³-hybridized carbons (Fsp3) is 0.474. The van der Waals surface area contributed by atoms with E-state index in [-0.39, 0.29) is 11.8 Å². The second-order valence-corrected chi connectivity index (χ2v) is 7.45. The van der Waals surface area contributed by atoms with E-state index >= 15 is 0 Å². The highest BCUT2D eigenvalue weighted by Gasteiger charge is 2.34. The predicted molar refractivity (Wildman–Crippen MR) is 103 cm³/mol. The SMILES string of the molecule is CCCCCC(=O)N1CCCC1C(=O)Nc1nnc(-c2ccccc2)s1. The summed E-state index contributed by atoms with van der Waals surface area (Å²) in [5.74, 6) is -0.0829. The number of carbonyl (C=O) groups is 2. The van der Waals surface area contributed by atoms with Gasteiger partial charge in [0.05, 0.1) is 0 Å². The minimum Gasteiger partial charge on any atom is -0.331 e. The van der Waals surface area contributed by atoms with E-state index in [4.69, 9.17) is 0 Å². The first-order valence-electron chi connectivity index (χ1n) is 9.18. The van der Waals surface area contributed by atoms with E-state index < -0.39 is 6.04 Å². The molecule has 0 bridgehead atoms. The molecule has 0 radical (unpaired) electrons. The summed E-state index contributed by atoms with van der Waals surface area (Å²) in [7, 11) is 0. The first-order valence-corrected chi connectivity index (χ1v) is 10.00. The van der Waals surface area contributed by atoms with Crippen LogP contribution < -0.4 is 5.32 Å². The lowest BCUT2D eigenvalue weighted by molar-refractivity contribution is -0.136. The van der Waals surface area contributed by atoms with Gasteiger partial charge in [-0.25, -0.2) is 0 Å². The van der Waals surface area contributed by atoms with Crippen molar-refractivity contribution in [1.29, 1.82) is 0 Å². The molecule has 2 aromatic rings. The van der Waals surface area contributed by atoms with Crippen LogP contribution in [0.25, 0.3) is 10.6 Å². The van der Waals surface area contributed by atoms with Crippen molar-refractivity contribution in [2.45, 2.75) is 51.5 Å². The molecule has 1 fully saturated rings. The summed E-state index contributed by atoms with van der Waals surface area (Å²) in [6.07, 6.45) is 5.10. The van der Waals surface area contributed by atoms with Gasteiger partial charge in [0.25, 0.3) is 0 Å². The Hall–Kier alpha value is -2.28. The van der Waals surface area contributed by atoms with Gasteiger partial charge in [-0.05, 0) is 19.3 Å². The van der Waals surface area contributed by atoms with Gasteiger partial charge in [0, 0.05) is 18.5 Å². The molecule has 7 heteroatoms. The van der Waals surface area contributed by atoms with Crippen LogP contribution in [0, 0.1) is 0 Å². The lowest BCUT2D eigenvalue weighted by Gasteiger charge is -2.23. The summed E-state index contributed by atoms with van der Waals surface area (Å²) in [5, 5.41) is 12.3. The summed E-state index contributed by atoms with van der Waals surface area (Å²) in [6, 6.07) is 9.34. The molecule has 0 spiro atoms. The number of rotatable bonds is 7. The molecular formula is C19H24N4O2S. The van der Waals surface area contributed by atoms with Gasteiger partial charge >= 0.3 is 0 Å². The molecule has 2 heterocycles. The molecule has 1 N–H and O–H groups in total. The third-order valence-electron chi connectivity index (χ3n) is 4.55. The van der Waals surface area contributed by atoms with Crippen LogP contribution in [-0.2, 0) is 9.59 Å². The molecule has 1 aromatic heterocycles. The molecular weight excluding hydrogens is 348 g/mol. The van der Waals surface area contributed by atoms with Crippen molar-refractivity contribution < 1.29 is 9.59 Å². The Morgan fingerprint density at radius 2 is 2.04 bits per heavy atom. The molecule has 1 aromatic carbocycles. The zero-order valence-corrected chi connectivity index (χ0v) is 15.8. The minimum atomic E-state index is -0.395. The molecule has 0 saturated carbocycles. The fourth-order valence-electron chi connectivity index (χ4n) is 3.17. The Balaban J connectivity index is 1.60. The first-order chi connectivity index (χ1) is 12.7. The third kappa shape index (κ3) is 4.46. The Morgan fingerprint density at radius 3 is 2.81 bits per heavy atom. The smallest absolute Gasteiger partial charge is 0.249 e. The Morgan fingerprint density at radius 1 is 1.23 bits per heavy atom. The monoisotopic (exact) mass is 372 g/mol. The largest absolute Gasteiger partial charge is 0.331 e. The van der Waals surface area contributed by atoms with Crippen LogP contribution in [-0.4, -0.2) is 39.5 Å². The lowest BCUT2D eigenvalue weighted by Crippen LogP contribution is -2.43. The van der Waals surface area contributed by atoms with Crippen LogP contribution in [0.2, 0.25) is 0 Å². The van der Waals surface area contributed by atoms with Crippen LogP contribution in [0.1, 0.15) is 45.4 Å². The second kappa shape index (κ2) is 8.89. The van der Waals surface area contributed by atoms with Gasteiger partial charge in [-0.3, -0.25) is 14.9 Å². The van der Waals surface area contributed by atoms with E-state index in [1.165, 1.54) is 11.3 Å². The molecule has 6 nitrogen and oxygen atoms in total. The highest BCUT2D eigenvalue weighted by Crippen LogP contribution is 2.27. The van der Waals surface area contributed by atoms with Crippen molar-refractivity contribution in [3.05, 3.63) is 30.3 Å². The van der Waals surface area contributed by atoms with E-state index in [2.05, 4.69) is 22.4 Å². The number of amides is 2. The maximum atomic E-state index is 12.6. The molecule has 26 heavy (non-hydrogen) atoms. The quantitative estimate of drug-likeness (QED) is 0.752. The maximum Gasteiger partial charge on any atom is 0.249 e. The molecule has 3 rings (SSSR count). The molecule has 1 saturated heterocycles. The standard InChI is InChI=1S/C19H24N4O2S/c1-2-3-5-12-16(24)23-13-8-11-15(23)17(25)20-19-22-21-18(26-19)14-9-6-4-7-10-14/h4,6-7,9-10,15H,2-3,5,8,11-13H2,1H3,(H,20,22,25). The summed E-state index contributed by atoms with van der Waals surface area (Å²) in [5.41, 5.74) is 0.971. The lowest BCUT2D eigenvalue weighted by atomic mass is 10.1. The van der Waals surface area contributed by atoms with Crippen LogP contribution in [0.4, 0.5) is 5.13 Å². The van der Waals surface area contributed by atoms with Gasteiger partial charge < -0.3 is 4.90 Å². The van der Waals surface area contributed by atoms with Gasteiger partial charge in [-0.15, -0.1) is 10.2 Å². The number of unbranched alkanes of at least 4 members (excludes halogenated alkanes) is 2. The number of nitrogens with one attached hydrogen (secondary N) is 1. The number of hydrogen-bond donors (Lipinski definition) is 1. The zero-order valence-electron chi connectivity index (χ0n) is 15.0. The van der Waals surface area contributed by atoms with Crippen LogP contribution in [0.3, 0.4) is 0 Å². The van der Waals surface area contributed by atoms with Crippen LogP contribution >= 0.6 is 11.3 Å². The zero-order chi connectivity index (χ0) is 18.4. The van der Waals surface area contributed by atoms with E-state index in [1.54, 1.807) is 4.90 Å². The van der Waals surface area contributed by atoms with Crippen molar-refractivity contribution in [3.63, 3.8) is 0 Å². The molecule has 2 amide bonds. The van der Waals surface area contributed by atoms with E-state index in [1.807, 2.05) is 30.3 Å². The summed E-state index contributed by atoms with van der Waals surface area (Å²) >= 11 is 1.34. The van der Waals surface area contributed by atoms with E-state index in [0.717, 1.165) is 36.3 Å². The highest BCUT2D eigenvalue weighted by molar-refractivity contribution is 7.18. The van der Waals surface area contributed by atoms with Gasteiger partial charge in [0.15, 0.2) is 0 Å². The fourth-order valence-corrected chi connectivity index (χ4v) is 3.92. The van der Waals surface area contributed by atoms with Crippen molar-refractivity contribution in [3.8, 4) is 10.6 Å². The van der Waals surface area contributed by atoms with E-state index in [9.17, 15) is 9.59 Å². The Bertz CT molecular complexity index is 747. The third-order valence-corrected chi connectivity index (χ3v) is 5.43. The summed E-state index contributed by atoms with van der Waals surface area (Å²) < 4.78 is 0. The number of benzene rings is 1. The molecule has 1 aliphatic heterocycles. The molecule has 138 valence electrons. The first kappa shape index (κ1) is 18.5. The maximum absolute atomic E-state index is 12.6. The topological polar surface area (TPSA) is 75.2 Å². The van der Waals surface area contributed by atoms with Gasteiger partial charge in [0.1, 0.15) is 11.0 Å².